The van der Waals surface area contributed by atoms with Gasteiger partial charge in [0.1, 0.15) is 17.6 Å². The van der Waals surface area contributed by atoms with Gasteiger partial charge in [-0.05, 0) is 23.8 Å². The van der Waals surface area contributed by atoms with Crippen LogP contribution in [0, 0.1) is 0 Å². The van der Waals surface area contributed by atoms with Gasteiger partial charge in [-0.3, -0.25) is 0 Å². The van der Waals surface area contributed by atoms with E-state index in [2.05, 4.69) is 0 Å². The van der Waals surface area contributed by atoms with Crippen molar-refractivity contribution in [3.05, 3.63) is 59.2 Å². The van der Waals surface area contributed by atoms with Crippen LogP contribution >= 0.6 is 0 Å². The van der Waals surface area contributed by atoms with E-state index in [0.29, 0.717) is 22.6 Å². The first-order valence-electron chi connectivity index (χ1n) is 6.30. The number of carbonyl (C=O) groups is 1. The maximum Gasteiger partial charge on any atom is 0.336 e. The van der Waals surface area contributed by atoms with Crippen LogP contribution in [0.1, 0.15) is 27.6 Å². The van der Waals surface area contributed by atoms with Gasteiger partial charge in [-0.1, -0.05) is 18.2 Å². The molecule has 0 aliphatic carbocycles. The molecule has 0 radical (unpaired) electrons. The number of aliphatic hydroxyl groups excluding tert-OH is 1. The summed E-state index contributed by atoms with van der Waals surface area (Å²) in [5.41, 5.74) is 0.850. The fourth-order valence-corrected chi connectivity index (χ4v) is 2.14. The van der Waals surface area contributed by atoms with Crippen molar-refractivity contribution in [2.24, 2.45) is 0 Å². The molecule has 0 spiro atoms. The molecule has 110 valence electrons. The number of hydrogen-bond donors (Lipinski definition) is 2. The van der Waals surface area contributed by atoms with E-state index in [1.165, 1.54) is 20.3 Å². The van der Waals surface area contributed by atoms with E-state index in [-0.39, 0.29) is 5.56 Å². The molecule has 2 aromatic rings. The molecule has 0 aromatic heterocycles. The summed E-state index contributed by atoms with van der Waals surface area (Å²) in [5.74, 6) is -0.0616. The van der Waals surface area contributed by atoms with Crippen LogP contribution in [0.5, 0.6) is 11.5 Å². The van der Waals surface area contributed by atoms with Crippen molar-refractivity contribution in [1.29, 1.82) is 0 Å². The number of aliphatic hydroxyl groups is 1. The molecular weight excluding hydrogens is 272 g/mol. The molecule has 2 aromatic carbocycles. The molecule has 21 heavy (non-hydrogen) atoms. The second kappa shape index (κ2) is 6.28. The van der Waals surface area contributed by atoms with E-state index < -0.39 is 12.1 Å². The number of aromatic carboxylic acids is 1. The van der Waals surface area contributed by atoms with Crippen LogP contribution in [-0.4, -0.2) is 30.4 Å². The molecule has 2 N–H and O–H groups in total. The summed E-state index contributed by atoms with van der Waals surface area (Å²) < 4.78 is 10.3. The fourth-order valence-electron chi connectivity index (χ4n) is 2.14. The first-order valence-corrected chi connectivity index (χ1v) is 6.30. The van der Waals surface area contributed by atoms with Gasteiger partial charge in [0, 0.05) is 11.6 Å². The van der Waals surface area contributed by atoms with Crippen molar-refractivity contribution in [3.63, 3.8) is 0 Å². The molecule has 0 aliphatic heterocycles. The molecule has 0 aliphatic rings. The molecule has 0 fully saturated rings. The maximum atomic E-state index is 11.3. The fraction of sp³-hybridized carbons (Fsp3) is 0.188. The van der Waals surface area contributed by atoms with Crippen LogP contribution in [0.3, 0.4) is 0 Å². The van der Waals surface area contributed by atoms with Gasteiger partial charge in [0.25, 0.3) is 0 Å². The summed E-state index contributed by atoms with van der Waals surface area (Å²) in [5, 5.41) is 19.7. The second-order valence-electron chi connectivity index (χ2n) is 4.40. The summed E-state index contributed by atoms with van der Waals surface area (Å²) in [7, 11) is 3.01. The van der Waals surface area contributed by atoms with Crippen molar-refractivity contribution >= 4 is 5.97 Å². The predicted molar refractivity (Wildman–Crippen MR) is 77.0 cm³/mol. The van der Waals surface area contributed by atoms with Crippen LogP contribution in [0.25, 0.3) is 0 Å². The van der Waals surface area contributed by atoms with E-state index in [1.54, 1.807) is 36.4 Å². The van der Waals surface area contributed by atoms with Gasteiger partial charge in [0.15, 0.2) is 0 Å². The Labute approximate surface area is 122 Å². The van der Waals surface area contributed by atoms with Crippen LogP contribution < -0.4 is 9.47 Å². The second-order valence-corrected chi connectivity index (χ2v) is 4.40. The first-order chi connectivity index (χ1) is 10.1. The van der Waals surface area contributed by atoms with E-state index in [4.69, 9.17) is 9.47 Å². The van der Waals surface area contributed by atoms with Crippen LogP contribution in [0.15, 0.2) is 42.5 Å². The molecule has 2 rings (SSSR count). The standard InChI is InChI=1S/C16H16O5/c1-20-10-7-8-13(14(9-10)21-2)15(17)11-5-3-4-6-12(11)16(18)19/h3-9,15,17H,1-2H3,(H,18,19). The average Bonchev–Trinajstić information content (AvgIpc) is 2.53. The maximum absolute atomic E-state index is 11.3. The number of benzene rings is 2. The molecule has 0 bridgehead atoms. The summed E-state index contributed by atoms with van der Waals surface area (Å²) in [6.07, 6.45) is -1.10. The quantitative estimate of drug-likeness (QED) is 0.884. The zero-order chi connectivity index (χ0) is 15.4. The number of ether oxygens (including phenoxy) is 2. The lowest BCUT2D eigenvalue weighted by molar-refractivity contribution is 0.0691. The summed E-state index contributed by atoms with van der Waals surface area (Å²) >= 11 is 0. The van der Waals surface area contributed by atoms with E-state index in [9.17, 15) is 15.0 Å². The Morgan fingerprint density at radius 2 is 1.76 bits per heavy atom. The molecule has 0 amide bonds. The lowest BCUT2D eigenvalue weighted by Crippen LogP contribution is -2.09. The Bertz CT molecular complexity index is 651. The minimum atomic E-state index is -1.10. The highest BCUT2D eigenvalue weighted by atomic mass is 16.5. The van der Waals surface area contributed by atoms with Crippen molar-refractivity contribution < 1.29 is 24.5 Å². The lowest BCUT2D eigenvalue weighted by Gasteiger charge is -2.17. The van der Waals surface area contributed by atoms with Gasteiger partial charge in [0.05, 0.1) is 19.8 Å². The molecule has 1 atom stereocenters. The lowest BCUT2D eigenvalue weighted by atomic mass is 9.96. The van der Waals surface area contributed by atoms with Crippen molar-refractivity contribution in [2.45, 2.75) is 6.10 Å². The monoisotopic (exact) mass is 288 g/mol. The Kier molecular flexibility index (Phi) is 4.45. The smallest absolute Gasteiger partial charge is 0.336 e. The van der Waals surface area contributed by atoms with E-state index in [0.717, 1.165) is 0 Å². The molecular formula is C16H16O5. The Morgan fingerprint density at radius 3 is 2.38 bits per heavy atom. The predicted octanol–water partition coefficient (Wildman–Crippen LogP) is 2.48. The van der Waals surface area contributed by atoms with Gasteiger partial charge < -0.3 is 19.7 Å². The van der Waals surface area contributed by atoms with Crippen LogP contribution in [-0.2, 0) is 0 Å². The Morgan fingerprint density at radius 1 is 1.05 bits per heavy atom. The molecule has 0 saturated heterocycles. The highest BCUT2D eigenvalue weighted by Gasteiger charge is 2.21. The molecule has 0 heterocycles. The molecule has 0 saturated carbocycles. The Hall–Kier alpha value is -2.53. The molecule has 5 nitrogen and oxygen atoms in total. The minimum absolute atomic E-state index is 0.0582. The van der Waals surface area contributed by atoms with Gasteiger partial charge in [-0.25, -0.2) is 4.79 Å². The largest absolute Gasteiger partial charge is 0.497 e. The topological polar surface area (TPSA) is 76.0 Å². The van der Waals surface area contributed by atoms with Crippen LogP contribution in [0.2, 0.25) is 0 Å². The number of carboxylic acid groups (broad SMARTS) is 1. The van der Waals surface area contributed by atoms with Crippen molar-refractivity contribution in [1.82, 2.24) is 0 Å². The Balaban J connectivity index is 2.50. The minimum Gasteiger partial charge on any atom is -0.497 e. The third-order valence-electron chi connectivity index (χ3n) is 3.22. The first kappa shape index (κ1) is 14.9. The zero-order valence-corrected chi connectivity index (χ0v) is 11.7. The number of rotatable bonds is 5. The van der Waals surface area contributed by atoms with E-state index >= 15 is 0 Å². The van der Waals surface area contributed by atoms with Crippen molar-refractivity contribution in [3.8, 4) is 11.5 Å². The zero-order valence-electron chi connectivity index (χ0n) is 11.7. The summed E-state index contributed by atoms with van der Waals surface area (Å²) in [6, 6.07) is 11.3. The third-order valence-corrected chi connectivity index (χ3v) is 3.22. The molecule has 5 heteroatoms. The van der Waals surface area contributed by atoms with Gasteiger partial charge in [-0.15, -0.1) is 0 Å². The SMILES string of the molecule is COc1ccc(C(O)c2ccccc2C(=O)O)c(OC)c1. The summed E-state index contributed by atoms with van der Waals surface area (Å²) in [6.45, 7) is 0. The van der Waals surface area contributed by atoms with Crippen LogP contribution in [0.4, 0.5) is 0 Å². The average molecular weight is 288 g/mol. The van der Waals surface area contributed by atoms with Gasteiger partial charge in [0.2, 0.25) is 0 Å². The number of methoxy groups -OCH3 is 2. The van der Waals surface area contributed by atoms with E-state index in [1.807, 2.05) is 0 Å². The van der Waals surface area contributed by atoms with Gasteiger partial charge in [-0.2, -0.15) is 0 Å². The highest BCUT2D eigenvalue weighted by molar-refractivity contribution is 5.89. The number of hydrogen-bond acceptors (Lipinski definition) is 4. The number of carboxylic acids is 1. The highest BCUT2D eigenvalue weighted by Crippen LogP contribution is 2.34. The van der Waals surface area contributed by atoms with Crippen molar-refractivity contribution in [2.75, 3.05) is 14.2 Å². The third kappa shape index (κ3) is 2.98. The van der Waals surface area contributed by atoms with Gasteiger partial charge >= 0.3 is 5.97 Å². The normalized spacial score (nSPS) is 11.8. The summed E-state index contributed by atoms with van der Waals surface area (Å²) in [4.78, 5) is 11.3. The molecule has 1 unspecified atom stereocenters.